The number of rotatable bonds is 3. The number of hydrogen-bond donors (Lipinski definition) is 0. The second-order valence-corrected chi connectivity index (χ2v) is 7.66. The number of aromatic nitrogens is 2. The number of piperazine rings is 1. The molecule has 0 amide bonds. The second kappa shape index (κ2) is 6.16. The molecule has 0 aliphatic carbocycles. The van der Waals surface area contributed by atoms with Crippen LogP contribution in [0.5, 0.6) is 0 Å². The average Bonchev–Trinajstić information content (AvgIpc) is 2.54. The van der Waals surface area contributed by atoms with E-state index >= 15 is 0 Å². The van der Waals surface area contributed by atoms with Gasteiger partial charge in [0.1, 0.15) is 11.6 Å². The summed E-state index contributed by atoms with van der Waals surface area (Å²) in [6, 6.07) is 9.10. The Kier molecular flexibility index (Phi) is 4.21. The first kappa shape index (κ1) is 15.7. The van der Waals surface area contributed by atoms with Gasteiger partial charge in [-0.15, -0.1) is 0 Å². The van der Waals surface area contributed by atoms with Crippen LogP contribution < -0.4 is 9.80 Å². The van der Waals surface area contributed by atoms with Crippen LogP contribution in [0.3, 0.4) is 0 Å². The first-order valence-electron chi connectivity index (χ1n) is 7.54. The van der Waals surface area contributed by atoms with Crippen LogP contribution in [0, 0.1) is 6.92 Å². The van der Waals surface area contributed by atoms with Crippen molar-refractivity contribution < 1.29 is 8.42 Å². The Hall–Kier alpha value is -2.15. The molecule has 0 radical (unpaired) electrons. The third-order valence-electron chi connectivity index (χ3n) is 3.97. The van der Waals surface area contributed by atoms with Crippen molar-refractivity contribution in [2.45, 2.75) is 11.8 Å². The molecule has 3 rings (SSSR count). The van der Waals surface area contributed by atoms with E-state index in [0.717, 1.165) is 43.5 Å². The molecular formula is C16H20N4O2S. The molecule has 1 fully saturated rings. The number of hydrogen-bond acceptors (Lipinski definition) is 6. The van der Waals surface area contributed by atoms with Crippen molar-refractivity contribution in [3.8, 4) is 0 Å². The van der Waals surface area contributed by atoms with Crippen molar-refractivity contribution in [2.24, 2.45) is 0 Å². The molecule has 1 aromatic heterocycles. The molecule has 1 aliphatic heterocycles. The van der Waals surface area contributed by atoms with Gasteiger partial charge in [-0.05, 0) is 25.1 Å². The van der Waals surface area contributed by atoms with Gasteiger partial charge < -0.3 is 9.80 Å². The summed E-state index contributed by atoms with van der Waals surface area (Å²) in [5, 5.41) is 0. The smallest absolute Gasteiger partial charge is 0.177 e. The number of anilines is 2. The summed E-state index contributed by atoms with van der Waals surface area (Å²) in [6.07, 6.45) is 3.02. The molecule has 2 heterocycles. The van der Waals surface area contributed by atoms with Crippen LogP contribution in [-0.2, 0) is 9.84 Å². The molecule has 122 valence electrons. The Morgan fingerprint density at radius 1 is 1.00 bits per heavy atom. The minimum Gasteiger partial charge on any atom is -0.367 e. The molecule has 6 nitrogen and oxygen atoms in total. The molecule has 7 heteroatoms. The lowest BCUT2D eigenvalue weighted by atomic mass is 10.2. The summed E-state index contributed by atoms with van der Waals surface area (Å²) < 4.78 is 23.9. The SMILES string of the molecule is Cc1nccc(N2CCN(c3ccccc3S(C)(=O)=O)CC2)n1. The highest BCUT2D eigenvalue weighted by Crippen LogP contribution is 2.26. The number of para-hydroxylation sites is 1. The molecule has 0 N–H and O–H groups in total. The average molecular weight is 332 g/mol. The Morgan fingerprint density at radius 2 is 1.65 bits per heavy atom. The van der Waals surface area contributed by atoms with Gasteiger partial charge in [-0.3, -0.25) is 0 Å². The lowest BCUT2D eigenvalue weighted by Gasteiger charge is -2.37. The third-order valence-corrected chi connectivity index (χ3v) is 5.11. The van der Waals surface area contributed by atoms with Gasteiger partial charge in [0.05, 0.1) is 10.6 Å². The number of benzene rings is 1. The van der Waals surface area contributed by atoms with Crippen LogP contribution in [0.25, 0.3) is 0 Å². The quantitative estimate of drug-likeness (QED) is 0.849. The largest absolute Gasteiger partial charge is 0.367 e. The summed E-state index contributed by atoms with van der Waals surface area (Å²) in [5.74, 6) is 1.68. The topological polar surface area (TPSA) is 66.4 Å². The normalized spacial score (nSPS) is 15.7. The minimum absolute atomic E-state index is 0.395. The minimum atomic E-state index is -3.23. The number of nitrogens with zero attached hydrogens (tertiary/aromatic N) is 4. The monoisotopic (exact) mass is 332 g/mol. The lowest BCUT2D eigenvalue weighted by Crippen LogP contribution is -2.47. The van der Waals surface area contributed by atoms with E-state index in [0.29, 0.717) is 4.90 Å². The van der Waals surface area contributed by atoms with E-state index in [4.69, 9.17) is 0 Å². The van der Waals surface area contributed by atoms with E-state index in [1.807, 2.05) is 25.1 Å². The lowest BCUT2D eigenvalue weighted by molar-refractivity contribution is 0.599. The predicted molar refractivity (Wildman–Crippen MR) is 90.7 cm³/mol. The van der Waals surface area contributed by atoms with E-state index in [-0.39, 0.29) is 0 Å². The maximum absolute atomic E-state index is 12.0. The van der Waals surface area contributed by atoms with Crippen molar-refractivity contribution in [3.63, 3.8) is 0 Å². The second-order valence-electron chi connectivity index (χ2n) is 5.68. The van der Waals surface area contributed by atoms with Crippen LogP contribution in [0.2, 0.25) is 0 Å². The molecule has 1 aromatic carbocycles. The molecule has 0 atom stereocenters. The van der Waals surface area contributed by atoms with Crippen LogP contribution in [0.4, 0.5) is 11.5 Å². The van der Waals surface area contributed by atoms with Crippen LogP contribution >= 0.6 is 0 Å². The highest BCUT2D eigenvalue weighted by atomic mass is 32.2. The summed E-state index contributed by atoms with van der Waals surface area (Å²) >= 11 is 0. The molecule has 1 aliphatic rings. The van der Waals surface area contributed by atoms with E-state index in [1.165, 1.54) is 6.26 Å². The molecule has 2 aromatic rings. The molecule has 0 saturated carbocycles. The fourth-order valence-electron chi connectivity index (χ4n) is 2.83. The van der Waals surface area contributed by atoms with Gasteiger partial charge in [-0.2, -0.15) is 0 Å². The molecule has 0 unspecified atom stereocenters. The zero-order valence-corrected chi connectivity index (χ0v) is 14.1. The summed E-state index contributed by atoms with van der Waals surface area (Å²) in [4.78, 5) is 13.3. The van der Waals surface area contributed by atoms with Gasteiger partial charge in [-0.1, -0.05) is 12.1 Å². The molecular weight excluding hydrogens is 312 g/mol. The zero-order valence-electron chi connectivity index (χ0n) is 13.3. The van der Waals surface area contributed by atoms with Crippen LogP contribution in [-0.4, -0.2) is 50.8 Å². The fraction of sp³-hybridized carbons (Fsp3) is 0.375. The Bertz CT molecular complexity index is 799. The highest BCUT2D eigenvalue weighted by molar-refractivity contribution is 7.90. The maximum Gasteiger partial charge on any atom is 0.177 e. The standard InChI is InChI=1S/C16H20N4O2S/c1-13-17-8-7-16(18-13)20-11-9-19(10-12-20)14-5-3-4-6-15(14)23(2,21)22/h3-8H,9-12H2,1-2H3. The van der Waals surface area contributed by atoms with Gasteiger partial charge in [0.25, 0.3) is 0 Å². The van der Waals surface area contributed by atoms with Gasteiger partial charge in [0.15, 0.2) is 9.84 Å². The van der Waals surface area contributed by atoms with Gasteiger partial charge in [0, 0.05) is 38.6 Å². The Labute approximate surface area is 136 Å². The number of sulfone groups is 1. The first-order chi connectivity index (χ1) is 10.9. The van der Waals surface area contributed by atoms with Crippen molar-refractivity contribution in [1.29, 1.82) is 0 Å². The van der Waals surface area contributed by atoms with Crippen LogP contribution in [0.15, 0.2) is 41.4 Å². The third kappa shape index (κ3) is 3.44. The van der Waals surface area contributed by atoms with Crippen molar-refractivity contribution in [3.05, 3.63) is 42.4 Å². The Balaban J connectivity index is 1.78. The number of aryl methyl sites for hydroxylation is 1. The van der Waals surface area contributed by atoms with Gasteiger partial charge >= 0.3 is 0 Å². The van der Waals surface area contributed by atoms with E-state index in [9.17, 15) is 8.42 Å². The zero-order chi connectivity index (χ0) is 16.4. The summed E-state index contributed by atoms with van der Waals surface area (Å²) in [6.45, 7) is 5.00. The predicted octanol–water partition coefficient (Wildman–Crippen LogP) is 1.52. The van der Waals surface area contributed by atoms with E-state index in [2.05, 4.69) is 19.8 Å². The first-order valence-corrected chi connectivity index (χ1v) is 9.43. The Morgan fingerprint density at radius 3 is 2.30 bits per heavy atom. The van der Waals surface area contributed by atoms with Gasteiger partial charge in [0.2, 0.25) is 0 Å². The van der Waals surface area contributed by atoms with Crippen molar-refractivity contribution in [1.82, 2.24) is 9.97 Å². The molecule has 0 spiro atoms. The molecule has 0 bridgehead atoms. The molecule has 1 saturated heterocycles. The van der Waals surface area contributed by atoms with Crippen molar-refractivity contribution >= 4 is 21.3 Å². The van der Waals surface area contributed by atoms with E-state index < -0.39 is 9.84 Å². The van der Waals surface area contributed by atoms with Gasteiger partial charge in [-0.25, -0.2) is 18.4 Å². The highest BCUT2D eigenvalue weighted by Gasteiger charge is 2.22. The summed E-state index contributed by atoms with van der Waals surface area (Å²) in [7, 11) is -3.23. The maximum atomic E-state index is 12.0. The van der Waals surface area contributed by atoms with E-state index in [1.54, 1.807) is 18.3 Å². The van der Waals surface area contributed by atoms with Crippen molar-refractivity contribution in [2.75, 3.05) is 42.2 Å². The van der Waals surface area contributed by atoms with Crippen LogP contribution in [0.1, 0.15) is 5.82 Å². The fourth-order valence-corrected chi connectivity index (χ4v) is 3.73. The molecule has 23 heavy (non-hydrogen) atoms. The summed E-state index contributed by atoms with van der Waals surface area (Å²) in [5.41, 5.74) is 0.786.